The van der Waals surface area contributed by atoms with Crippen LogP contribution in [0.3, 0.4) is 0 Å². The van der Waals surface area contributed by atoms with E-state index in [-0.39, 0.29) is 13.2 Å². The SMILES string of the molecule is CCOC(=O)[C@@H](C[C@](C)(C(=O)OCc1ccccc1)N(COC)C(=O)OC(C)(C)C)N(C(=O)OC(C)(C)C)C(=O)OC(C)(C)C. The Bertz CT molecular complexity index is 1140. The van der Waals surface area contributed by atoms with Crippen LogP contribution in [0, 0.1) is 0 Å². The van der Waals surface area contributed by atoms with Gasteiger partial charge in [0.15, 0.2) is 0 Å². The molecule has 13 nitrogen and oxygen atoms in total. The standard InChI is InChI=1S/C32H50N2O11/c1-13-41-24(35)23(34(27(38)44-30(5,6)7)28(39)45-31(8,9)10)19-32(11,25(36)42-20-22-17-15-14-16-18-22)33(21-40-12)26(37)43-29(2,3)4/h14-18,23H,13,19-21H2,1-12H3/t23-,32-/m1/s1. The smallest absolute Gasteiger partial charge is 0.420 e. The molecule has 45 heavy (non-hydrogen) atoms. The van der Waals surface area contributed by atoms with Crippen molar-refractivity contribution in [2.24, 2.45) is 0 Å². The fourth-order valence-electron chi connectivity index (χ4n) is 3.87. The highest BCUT2D eigenvalue weighted by atomic mass is 16.6. The van der Waals surface area contributed by atoms with E-state index in [1.807, 2.05) is 0 Å². The molecular formula is C32H50N2O11. The van der Waals surface area contributed by atoms with Gasteiger partial charge >= 0.3 is 30.2 Å². The van der Waals surface area contributed by atoms with Crippen LogP contribution in [0.2, 0.25) is 0 Å². The molecule has 0 unspecified atom stereocenters. The highest BCUT2D eigenvalue weighted by Crippen LogP contribution is 2.31. The summed E-state index contributed by atoms with van der Waals surface area (Å²) >= 11 is 0. The monoisotopic (exact) mass is 638 g/mol. The van der Waals surface area contributed by atoms with Gasteiger partial charge in [-0.1, -0.05) is 30.3 Å². The first kappa shape index (κ1) is 39.2. The Balaban J connectivity index is 3.88. The molecule has 0 heterocycles. The number of carbonyl (C=O) groups is 5. The van der Waals surface area contributed by atoms with Gasteiger partial charge in [-0.15, -0.1) is 0 Å². The molecule has 1 aromatic rings. The van der Waals surface area contributed by atoms with Crippen LogP contribution in [0.4, 0.5) is 14.4 Å². The highest BCUT2D eigenvalue weighted by molar-refractivity contribution is 5.95. The molecule has 1 aromatic carbocycles. The van der Waals surface area contributed by atoms with Gasteiger partial charge < -0.3 is 28.4 Å². The average molecular weight is 639 g/mol. The number of methoxy groups -OCH3 is 1. The van der Waals surface area contributed by atoms with Crippen molar-refractivity contribution in [2.45, 2.75) is 118 Å². The second kappa shape index (κ2) is 15.9. The molecule has 0 aliphatic heterocycles. The summed E-state index contributed by atoms with van der Waals surface area (Å²) in [6.07, 6.45) is -4.14. The van der Waals surface area contributed by atoms with Gasteiger partial charge in [-0.05, 0) is 81.7 Å². The molecule has 0 radical (unpaired) electrons. The molecule has 0 fully saturated rings. The summed E-state index contributed by atoms with van der Waals surface area (Å²) in [5, 5.41) is 0. The summed E-state index contributed by atoms with van der Waals surface area (Å²) in [4.78, 5) is 69.7. The summed E-state index contributed by atoms with van der Waals surface area (Å²) in [6, 6.07) is 6.96. The number of amides is 3. The summed E-state index contributed by atoms with van der Waals surface area (Å²) in [6.45, 7) is 16.4. The van der Waals surface area contributed by atoms with Gasteiger partial charge in [0.05, 0.1) is 6.61 Å². The number of imide groups is 1. The second-order valence-corrected chi connectivity index (χ2v) is 13.5. The number of esters is 2. The van der Waals surface area contributed by atoms with Gasteiger partial charge in [0.1, 0.15) is 41.7 Å². The fraction of sp³-hybridized carbons (Fsp3) is 0.656. The Labute approximate surface area is 266 Å². The van der Waals surface area contributed by atoms with Gasteiger partial charge in [0.2, 0.25) is 0 Å². The van der Waals surface area contributed by atoms with Crippen molar-refractivity contribution in [1.82, 2.24) is 9.80 Å². The normalized spacial score (nSPS) is 13.9. The molecule has 3 amide bonds. The van der Waals surface area contributed by atoms with E-state index in [1.54, 1.807) is 92.6 Å². The van der Waals surface area contributed by atoms with Crippen LogP contribution in [0.5, 0.6) is 0 Å². The molecule has 0 N–H and O–H groups in total. The minimum Gasteiger partial charge on any atom is -0.464 e. The number of hydrogen-bond donors (Lipinski definition) is 0. The Morgan fingerprint density at radius 3 is 1.60 bits per heavy atom. The number of hydrogen-bond acceptors (Lipinski definition) is 11. The van der Waals surface area contributed by atoms with E-state index >= 15 is 0 Å². The first-order valence-corrected chi connectivity index (χ1v) is 14.7. The van der Waals surface area contributed by atoms with E-state index in [4.69, 9.17) is 28.4 Å². The molecule has 1 rings (SSSR count). The van der Waals surface area contributed by atoms with Crippen LogP contribution in [0.15, 0.2) is 30.3 Å². The molecule has 0 aromatic heterocycles. The molecule has 0 bridgehead atoms. The Morgan fingerprint density at radius 2 is 1.18 bits per heavy atom. The first-order chi connectivity index (χ1) is 20.5. The number of ether oxygens (including phenoxy) is 6. The zero-order valence-electron chi connectivity index (χ0n) is 28.7. The van der Waals surface area contributed by atoms with Crippen molar-refractivity contribution in [2.75, 3.05) is 20.4 Å². The number of benzene rings is 1. The van der Waals surface area contributed by atoms with Gasteiger partial charge in [-0.25, -0.2) is 24.0 Å². The molecular weight excluding hydrogens is 588 g/mol. The van der Waals surface area contributed by atoms with Gasteiger partial charge in [0, 0.05) is 13.5 Å². The minimum absolute atomic E-state index is 0.130. The second-order valence-electron chi connectivity index (χ2n) is 13.5. The van der Waals surface area contributed by atoms with E-state index in [2.05, 4.69) is 0 Å². The topological polar surface area (TPSA) is 147 Å². The van der Waals surface area contributed by atoms with Crippen molar-refractivity contribution < 1.29 is 52.4 Å². The predicted molar refractivity (Wildman–Crippen MR) is 164 cm³/mol. The van der Waals surface area contributed by atoms with Gasteiger partial charge in [-0.3, -0.25) is 4.90 Å². The zero-order valence-corrected chi connectivity index (χ0v) is 28.7. The van der Waals surface area contributed by atoms with Crippen LogP contribution < -0.4 is 0 Å². The highest BCUT2D eigenvalue weighted by Gasteiger charge is 2.52. The quantitative estimate of drug-likeness (QED) is 0.164. The van der Waals surface area contributed by atoms with Crippen molar-refractivity contribution in [3.8, 4) is 0 Å². The van der Waals surface area contributed by atoms with E-state index in [0.29, 0.717) is 10.5 Å². The maximum absolute atomic E-state index is 14.0. The van der Waals surface area contributed by atoms with Crippen molar-refractivity contribution >= 4 is 30.2 Å². The summed E-state index contributed by atoms with van der Waals surface area (Å²) in [7, 11) is 1.30. The fourth-order valence-corrected chi connectivity index (χ4v) is 3.87. The van der Waals surface area contributed by atoms with E-state index in [1.165, 1.54) is 21.0 Å². The van der Waals surface area contributed by atoms with Gasteiger partial charge in [0.25, 0.3) is 0 Å². The molecule has 0 saturated heterocycles. The van der Waals surface area contributed by atoms with Crippen molar-refractivity contribution in [1.29, 1.82) is 0 Å². The minimum atomic E-state index is -2.08. The number of carbonyl (C=O) groups excluding carboxylic acids is 5. The predicted octanol–water partition coefficient (Wildman–Crippen LogP) is 5.82. The van der Waals surface area contributed by atoms with E-state index in [9.17, 15) is 24.0 Å². The van der Waals surface area contributed by atoms with Crippen molar-refractivity contribution in [3.05, 3.63) is 35.9 Å². The maximum Gasteiger partial charge on any atom is 0.420 e. The molecule has 0 saturated carbocycles. The summed E-state index contributed by atoms with van der Waals surface area (Å²) in [5.74, 6) is -2.03. The summed E-state index contributed by atoms with van der Waals surface area (Å²) in [5.41, 5.74) is -4.60. The lowest BCUT2D eigenvalue weighted by atomic mass is 9.90. The third kappa shape index (κ3) is 12.9. The molecule has 0 aliphatic rings. The van der Waals surface area contributed by atoms with E-state index < -0.39 is 71.8 Å². The Kier molecular flexibility index (Phi) is 13.9. The largest absolute Gasteiger partial charge is 0.464 e. The summed E-state index contributed by atoms with van der Waals surface area (Å²) < 4.78 is 32.7. The third-order valence-electron chi connectivity index (χ3n) is 5.76. The maximum atomic E-state index is 14.0. The number of nitrogens with zero attached hydrogens (tertiary/aromatic N) is 2. The zero-order chi connectivity index (χ0) is 34.8. The average Bonchev–Trinajstić information content (AvgIpc) is 2.87. The molecule has 0 aliphatic carbocycles. The lowest BCUT2D eigenvalue weighted by Gasteiger charge is -2.42. The van der Waals surface area contributed by atoms with Gasteiger partial charge in [-0.2, -0.15) is 4.90 Å². The first-order valence-electron chi connectivity index (χ1n) is 14.7. The van der Waals surface area contributed by atoms with E-state index in [0.717, 1.165) is 4.90 Å². The Hall–Kier alpha value is -3.87. The third-order valence-corrected chi connectivity index (χ3v) is 5.76. The molecule has 254 valence electrons. The van der Waals surface area contributed by atoms with Crippen LogP contribution in [-0.2, 0) is 44.6 Å². The lowest BCUT2D eigenvalue weighted by Crippen LogP contribution is -2.62. The lowest BCUT2D eigenvalue weighted by molar-refractivity contribution is -0.166. The van der Waals surface area contributed by atoms with Crippen LogP contribution >= 0.6 is 0 Å². The molecule has 0 spiro atoms. The molecule has 2 atom stereocenters. The van der Waals surface area contributed by atoms with Crippen LogP contribution in [0.1, 0.15) is 88.1 Å². The number of rotatable bonds is 11. The Morgan fingerprint density at radius 1 is 0.711 bits per heavy atom. The van der Waals surface area contributed by atoms with Crippen molar-refractivity contribution in [3.63, 3.8) is 0 Å². The van der Waals surface area contributed by atoms with Crippen LogP contribution in [0.25, 0.3) is 0 Å². The molecule has 13 heteroatoms. The van der Waals surface area contributed by atoms with Crippen LogP contribution in [-0.4, -0.2) is 88.8 Å².